The third-order valence-corrected chi connectivity index (χ3v) is 7.44. The summed E-state index contributed by atoms with van der Waals surface area (Å²) in [6.07, 6.45) is 5.37. The first-order valence-corrected chi connectivity index (χ1v) is 10.3. The van der Waals surface area contributed by atoms with Gasteiger partial charge in [-0.25, -0.2) is 8.42 Å². The van der Waals surface area contributed by atoms with E-state index in [1.807, 2.05) is 6.92 Å². The van der Waals surface area contributed by atoms with Crippen molar-refractivity contribution in [3.8, 4) is 0 Å². The standard InChI is InChI=1S/C16H30N2O3S/c1-4-11-22(20,21)18-10-6-9-15(18)16(19)17-14-8-5-7-12(2)13(14)3/h12-15H,4-11H2,1-3H3,(H,17,19)/t12-,13-,14-,15-/m1/s1. The first kappa shape index (κ1) is 17.7. The van der Waals surface area contributed by atoms with E-state index in [0.29, 0.717) is 31.2 Å². The lowest BCUT2D eigenvalue weighted by Crippen LogP contribution is -2.52. The SMILES string of the molecule is CCCS(=O)(=O)N1CCC[C@@H]1C(=O)N[C@@H]1CCC[C@@H](C)[C@H]1C. The summed E-state index contributed by atoms with van der Waals surface area (Å²) in [6, 6.07) is -0.312. The predicted molar refractivity (Wildman–Crippen MR) is 87.9 cm³/mol. The Balaban J connectivity index is 2.02. The van der Waals surface area contributed by atoms with Gasteiger partial charge in [0.05, 0.1) is 5.75 Å². The number of hydrogen-bond acceptors (Lipinski definition) is 3. The Morgan fingerprint density at radius 2 is 1.91 bits per heavy atom. The lowest BCUT2D eigenvalue weighted by Gasteiger charge is -2.35. The zero-order chi connectivity index (χ0) is 16.3. The first-order chi connectivity index (χ1) is 10.4. The molecule has 0 bridgehead atoms. The fourth-order valence-corrected chi connectivity index (χ4v) is 5.52. The van der Waals surface area contributed by atoms with Crippen molar-refractivity contribution in [3.05, 3.63) is 0 Å². The molecule has 0 unspecified atom stereocenters. The van der Waals surface area contributed by atoms with Crippen LogP contribution in [0.3, 0.4) is 0 Å². The summed E-state index contributed by atoms with van der Waals surface area (Å²) in [4.78, 5) is 12.6. The van der Waals surface area contributed by atoms with E-state index in [9.17, 15) is 13.2 Å². The van der Waals surface area contributed by atoms with Gasteiger partial charge in [0.1, 0.15) is 6.04 Å². The average Bonchev–Trinajstić information content (AvgIpc) is 2.94. The molecule has 0 radical (unpaired) electrons. The van der Waals surface area contributed by atoms with Crippen molar-refractivity contribution in [2.45, 2.75) is 71.4 Å². The van der Waals surface area contributed by atoms with Crippen molar-refractivity contribution in [1.29, 1.82) is 0 Å². The van der Waals surface area contributed by atoms with E-state index in [4.69, 9.17) is 0 Å². The van der Waals surface area contributed by atoms with Crippen LogP contribution in [0.4, 0.5) is 0 Å². The molecule has 1 N–H and O–H groups in total. The minimum atomic E-state index is -3.30. The Morgan fingerprint density at radius 3 is 2.59 bits per heavy atom. The van der Waals surface area contributed by atoms with E-state index in [1.54, 1.807) is 0 Å². The molecule has 22 heavy (non-hydrogen) atoms. The highest BCUT2D eigenvalue weighted by atomic mass is 32.2. The monoisotopic (exact) mass is 330 g/mol. The van der Waals surface area contributed by atoms with Crippen LogP contribution in [0, 0.1) is 11.8 Å². The number of nitrogens with zero attached hydrogens (tertiary/aromatic N) is 1. The second kappa shape index (κ2) is 7.30. The molecule has 1 saturated carbocycles. The van der Waals surface area contributed by atoms with Crippen molar-refractivity contribution in [3.63, 3.8) is 0 Å². The van der Waals surface area contributed by atoms with Crippen LogP contribution in [-0.2, 0) is 14.8 Å². The van der Waals surface area contributed by atoms with Crippen LogP contribution in [0.25, 0.3) is 0 Å². The summed E-state index contributed by atoms with van der Waals surface area (Å²) in [6.45, 7) is 6.76. The van der Waals surface area contributed by atoms with Crippen LogP contribution >= 0.6 is 0 Å². The van der Waals surface area contributed by atoms with Gasteiger partial charge in [-0.1, -0.05) is 33.6 Å². The number of rotatable bonds is 5. The molecule has 1 aliphatic heterocycles. The number of carbonyl (C=O) groups is 1. The topological polar surface area (TPSA) is 66.5 Å². The average molecular weight is 330 g/mol. The zero-order valence-electron chi connectivity index (χ0n) is 14.0. The van der Waals surface area contributed by atoms with Crippen LogP contribution in [0.1, 0.15) is 59.3 Å². The molecular formula is C16H30N2O3S. The van der Waals surface area contributed by atoms with Gasteiger partial charge in [-0.2, -0.15) is 4.31 Å². The number of hydrogen-bond donors (Lipinski definition) is 1. The Hall–Kier alpha value is -0.620. The third kappa shape index (κ3) is 3.82. The molecule has 128 valence electrons. The quantitative estimate of drug-likeness (QED) is 0.840. The van der Waals surface area contributed by atoms with Crippen LogP contribution in [0.5, 0.6) is 0 Å². The molecule has 0 spiro atoms. The van der Waals surface area contributed by atoms with Gasteiger partial charge < -0.3 is 5.32 Å². The summed E-state index contributed by atoms with van der Waals surface area (Å²) >= 11 is 0. The van der Waals surface area contributed by atoms with Gasteiger partial charge in [0.2, 0.25) is 15.9 Å². The number of nitrogens with one attached hydrogen (secondary N) is 1. The largest absolute Gasteiger partial charge is 0.352 e. The molecule has 0 aromatic carbocycles. The molecule has 1 aliphatic carbocycles. The molecule has 4 atom stereocenters. The molecule has 1 amide bonds. The number of carbonyl (C=O) groups excluding carboxylic acids is 1. The van der Waals surface area contributed by atoms with Crippen molar-refractivity contribution < 1.29 is 13.2 Å². The summed E-state index contributed by atoms with van der Waals surface area (Å²) in [7, 11) is -3.30. The molecule has 5 nitrogen and oxygen atoms in total. The van der Waals surface area contributed by atoms with Gasteiger partial charge >= 0.3 is 0 Å². The zero-order valence-corrected chi connectivity index (χ0v) is 14.9. The normalized spacial score (nSPS) is 33.8. The Labute approximate surface area is 134 Å². The van der Waals surface area contributed by atoms with Gasteiger partial charge in [-0.3, -0.25) is 4.79 Å². The van der Waals surface area contributed by atoms with Crippen molar-refractivity contribution in [1.82, 2.24) is 9.62 Å². The molecule has 0 aromatic heterocycles. The van der Waals surface area contributed by atoms with Crippen LogP contribution < -0.4 is 5.32 Å². The minimum Gasteiger partial charge on any atom is -0.352 e. The lowest BCUT2D eigenvalue weighted by molar-refractivity contribution is -0.125. The summed E-state index contributed by atoms with van der Waals surface area (Å²) in [5.74, 6) is 1.11. The van der Waals surface area contributed by atoms with E-state index in [2.05, 4.69) is 19.2 Å². The fraction of sp³-hybridized carbons (Fsp3) is 0.938. The predicted octanol–water partition coefficient (Wildman–Crippen LogP) is 2.13. The first-order valence-electron chi connectivity index (χ1n) is 8.66. The Kier molecular flexibility index (Phi) is 5.88. The van der Waals surface area contributed by atoms with Crippen LogP contribution in [-0.4, -0.2) is 43.0 Å². The Morgan fingerprint density at radius 1 is 1.18 bits per heavy atom. The van der Waals surface area contributed by atoms with Crippen LogP contribution in [0.2, 0.25) is 0 Å². The van der Waals surface area contributed by atoms with E-state index in [0.717, 1.165) is 19.3 Å². The third-order valence-electron chi connectivity index (χ3n) is 5.36. The second-order valence-electron chi connectivity index (χ2n) is 6.97. The van der Waals surface area contributed by atoms with Crippen molar-refractivity contribution in [2.24, 2.45) is 11.8 Å². The Bertz CT molecular complexity index is 492. The molecule has 0 aromatic rings. The number of sulfonamides is 1. The highest BCUT2D eigenvalue weighted by Crippen LogP contribution is 2.30. The van der Waals surface area contributed by atoms with E-state index < -0.39 is 16.1 Å². The minimum absolute atomic E-state index is 0.0943. The highest BCUT2D eigenvalue weighted by Gasteiger charge is 2.39. The number of amides is 1. The highest BCUT2D eigenvalue weighted by molar-refractivity contribution is 7.89. The van der Waals surface area contributed by atoms with E-state index in [1.165, 1.54) is 10.7 Å². The van der Waals surface area contributed by atoms with Crippen LogP contribution in [0.15, 0.2) is 0 Å². The molecule has 6 heteroatoms. The molecule has 2 aliphatic rings. The van der Waals surface area contributed by atoms with Crippen molar-refractivity contribution in [2.75, 3.05) is 12.3 Å². The van der Waals surface area contributed by atoms with Gasteiger partial charge in [0, 0.05) is 12.6 Å². The molecule has 1 heterocycles. The maximum Gasteiger partial charge on any atom is 0.238 e. The smallest absolute Gasteiger partial charge is 0.238 e. The molecule has 2 rings (SSSR count). The van der Waals surface area contributed by atoms with Gasteiger partial charge in [-0.15, -0.1) is 0 Å². The maximum absolute atomic E-state index is 12.6. The second-order valence-corrected chi connectivity index (χ2v) is 9.01. The van der Waals surface area contributed by atoms with E-state index >= 15 is 0 Å². The summed E-state index contributed by atoms with van der Waals surface area (Å²) < 4.78 is 26.0. The lowest BCUT2D eigenvalue weighted by atomic mass is 9.78. The molecular weight excluding hydrogens is 300 g/mol. The summed E-state index contributed by atoms with van der Waals surface area (Å²) in [5.41, 5.74) is 0. The fourth-order valence-electron chi connectivity index (χ4n) is 3.77. The molecule has 2 fully saturated rings. The van der Waals surface area contributed by atoms with Gasteiger partial charge in [0.25, 0.3) is 0 Å². The van der Waals surface area contributed by atoms with Crippen molar-refractivity contribution >= 4 is 15.9 Å². The van der Waals surface area contributed by atoms with Gasteiger partial charge in [0.15, 0.2) is 0 Å². The van der Waals surface area contributed by atoms with E-state index in [-0.39, 0.29) is 17.7 Å². The van der Waals surface area contributed by atoms with Gasteiger partial charge in [-0.05, 0) is 37.5 Å². The summed E-state index contributed by atoms with van der Waals surface area (Å²) in [5, 5.41) is 3.14. The molecule has 1 saturated heterocycles. The maximum atomic E-state index is 12.6.